The molecule has 0 saturated carbocycles. The summed E-state index contributed by atoms with van der Waals surface area (Å²) in [5.41, 5.74) is 2.45. The third kappa shape index (κ3) is 2.72. The molecule has 0 aliphatic carbocycles. The van der Waals surface area contributed by atoms with Crippen LogP contribution in [0.5, 0.6) is 5.75 Å². The Kier molecular flexibility index (Phi) is 4.38. The molecule has 128 valence electrons. The molecule has 4 aromatic carbocycles. The molecule has 3 heteroatoms. The van der Waals surface area contributed by atoms with Gasteiger partial charge in [-0.15, -0.1) is 0 Å². The standard InChI is InChI=1S/C23H18O3/c1-25-15-26-21-13-12-17-7-3-5-9-20(17)23(21)22-18(14-24)11-10-16-6-2-4-8-19(16)22/h2-14H,15H2,1H3. The van der Waals surface area contributed by atoms with Crippen LogP contribution in [0, 0.1) is 0 Å². The van der Waals surface area contributed by atoms with Crippen molar-refractivity contribution >= 4 is 27.8 Å². The molecule has 0 unspecified atom stereocenters. The van der Waals surface area contributed by atoms with Gasteiger partial charge in [-0.25, -0.2) is 0 Å². The fourth-order valence-corrected chi connectivity index (χ4v) is 3.42. The normalized spacial score (nSPS) is 11.0. The van der Waals surface area contributed by atoms with Gasteiger partial charge in [0.2, 0.25) is 0 Å². The summed E-state index contributed by atoms with van der Waals surface area (Å²) in [5, 5.41) is 4.24. The van der Waals surface area contributed by atoms with E-state index in [0.29, 0.717) is 11.3 Å². The molecule has 0 amide bonds. The fourth-order valence-electron chi connectivity index (χ4n) is 3.42. The topological polar surface area (TPSA) is 35.5 Å². The van der Waals surface area contributed by atoms with Crippen molar-refractivity contribution in [3.8, 4) is 16.9 Å². The van der Waals surface area contributed by atoms with Crippen LogP contribution in [0.3, 0.4) is 0 Å². The van der Waals surface area contributed by atoms with Crippen molar-refractivity contribution in [3.05, 3.63) is 78.4 Å². The predicted octanol–water partition coefficient (Wildman–Crippen LogP) is 5.46. The Balaban J connectivity index is 2.14. The Hall–Kier alpha value is -3.17. The lowest BCUT2D eigenvalue weighted by Gasteiger charge is -2.17. The van der Waals surface area contributed by atoms with Gasteiger partial charge in [-0.3, -0.25) is 4.79 Å². The smallest absolute Gasteiger partial charge is 0.188 e. The summed E-state index contributed by atoms with van der Waals surface area (Å²) in [6.07, 6.45) is 0.906. The molecular formula is C23H18O3. The van der Waals surface area contributed by atoms with Gasteiger partial charge in [0.05, 0.1) is 0 Å². The van der Waals surface area contributed by atoms with Gasteiger partial charge in [-0.1, -0.05) is 66.7 Å². The highest BCUT2D eigenvalue weighted by atomic mass is 16.7. The molecule has 0 aliphatic heterocycles. The first-order chi connectivity index (χ1) is 12.8. The van der Waals surface area contributed by atoms with Crippen LogP contribution in [0.25, 0.3) is 32.7 Å². The van der Waals surface area contributed by atoms with Crippen LogP contribution in [0.15, 0.2) is 72.8 Å². The maximum Gasteiger partial charge on any atom is 0.188 e. The minimum atomic E-state index is 0.145. The molecule has 0 bridgehead atoms. The van der Waals surface area contributed by atoms with E-state index in [1.54, 1.807) is 7.11 Å². The zero-order valence-electron chi connectivity index (χ0n) is 14.4. The average molecular weight is 342 g/mol. The van der Waals surface area contributed by atoms with Crippen molar-refractivity contribution < 1.29 is 14.3 Å². The van der Waals surface area contributed by atoms with E-state index in [4.69, 9.17) is 9.47 Å². The zero-order valence-corrected chi connectivity index (χ0v) is 14.4. The fraction of sp³-hybridized carbons (Fsp3) is 0.0870. The van der Waals surface area contributed by atoms with E-state index in [2.05, 4.69) is 12.1 Å². The minimum Gasteiger partial charge on any atom is -0.467 e. The maximum absolute atomic E-state index is 11.8. The lowest BCUT2D eigenvalue weighted by atomic mass is 9.90. The molecule has 0 saturated heterocycles. The van der Waals surface area contributed by atoms with Gasteiger partial charge < -0.3 is 9.47 Å². The molecule has 4 aromatic rings. The highest BCUT2D eigenvalue weighted by molar-refractivity contribution is 6.12. The second kappa shape index (κ2) is 6.98. The van der Waals surface area contributed by atoms with Crippen LogP contribution in [-0.4, -0.2) is 20.2 Å². The Morgan fingerprint density at radius 3 is 2.04 bits per heavy atom. The van der Waals surface area contributed by atoms with E-state index in [9.17, 15) is 4.79 Å². The van der Waals surface area contributed by atoms with Crippen LogP contribution in [-0.2, 0) is 4.74 Å². The van der Waals surface area contributed by atoms with Crippen molar-refractivity contribution in [2.24, 2.45) is 0 Å². The van der Waals surface area contributed by atoms with E-state index in [-0.39, 0.29) is 6.79 Å². The molecule has 0 heterocycles. The summed E-state index contributed by atoms with van der Waals surface area (Å²) < 4.78 is 11.0. The second-order valence-corrected chi connectivity index (χ2v) is 6.08. The first-order valence-corrected chi connectivity index (χ1v) is 8.44. The Morgan fingerprint density at radius 1 is 0.769 bits per heavy atom. The molecule has 3 nitrogen and oxygen atoms in total. The monoisotopic (exact) mass is 342 g/mol. The van der Waals surface area contributed by atoms with Gasteiger partial charge in [-0.05, 0) is 27.6 Å². The SMILES string of the molecule is COCOc1ccc2ccccc2c1-c1c(C=O)ccc2ccccc12. The molecule has 0 spiro atoms. The number of aldehydes is 1. The van der Waals surface area contributed by atoms with Gasteiger partial charge in [-0.2, -0.15) is 0 Å². The second-order valence-electron chi connectivity index (χ2n) is 6.08. The number of hydrogen-bond acceptors (Lipinski definition) is 3. The number of benzene rings is 4. The van der Waals surface area contributed by atoms with Gasteiger partial charge in [0.1, 0.15) is 5.75 Å². The van der Waals surface area contributed by atoms with Crippen LogP contribution in [0.4, 0.5) is 0 Å². The van der Waals surface area contributed by atoms with Crippen molar-refractivity contribution in [3.63, 3.8) is 0 Å². The van der Waals surface area contributed by atoms with Crippen molar-refractivity contribution in [2.75, 3.05) is 13.9 Å². The van der Waals surface area contributed by atoms with E-state index < -0.39 is 0 Å². The summed E-state index contributed by atoms with van der Waals surface area (Å²) in [6.45, 7) is 0.145. The zero-order chi connectivity index (χ0) is 17.9. The molecule has 0 fully saturated rings. The molecular weight excluding hydrogens is 324 g/mol. The van der Waals surface area contributed by atoms with Crippen molar-refractivity contribution in [1.82, 2.24) is 0 Å². The number of methoxy groups -OCH3 is 1. The largest absolute Gasteiger partial charge is 0.467 e. The quantitative estimate of drug-likeness (QED) is 0.357. The minimum absolute atomic E-state index is 0.145. The molecule has 0 atom stereocenters. The van der Waals surface area contributed by atoms with Crippen LogP contribution in [0.2, 0.25) is 0 Å². The Bertz CT molecular complexity index is 1100. The molecule has 0 aliphatic rings. The van der Waals surface area contributed by atoms with Crippen LogP contribution < -0.4 is 4.74 Å². The summed E-state index contributed by atoms with van der Waals surface area (Å²) in [6, 6.07) is 24.0. The molecule has 26 heavy (non-hydrogen) atoms. The van der Waals surface area contributed by atoms with E-state index >= 15 is 0 Å². The first kappa shape index (κ1) is 16.3. The number of rotatable bonds is 5. The number of ether oxygens (including phenoxy) is 2. The van der Waals surface area contributed by atoms with E-state index in [1.165, 1.54) is 0 Å². The Labute approximate surface area is 151 Å². The van der Waals surface area contributed by atoms with Crippen molar-refractivity contribution in [1.29, 1.82) is 0 Å². The lowest BCUT2D eigenvalue weighted by Crippen LogP contribution is -2.02. The lowest BCUT2D eigenvalue weighted by molar-refractivity contribution is 0.0516. The predicted molar refractivity (Wildman–Crippen MR) is 105 cm³/mol. The molecule has 0 radical (unpaired) electrons. The van der Waals surface area contributed by atoms with Crippen molar-refractivity contribution in [2.45, 2.75) is 0 Å². The molecule has 4 rings (SSSR count). The third-order valence-electron chi connectivity index (χ3n) is 4.56. The summed E-state index contributed by atoms with van der Waals surface area (Å²) >= 11 is 0. The third-order valence-corrected chi connectivity index (χ3v) is 4.56. The van der Waals surface area contributed by atoms with E-state index in [0.717, 1.165) is 39.0 Å². The van der Waals surface area contributed by atoms with Gasteiger partial charge in [0.15, 0.2) is 13.1 Å². The number of carbonyl (C=O) groups excluding carboxylic acids is 1. The first-order valence-electron chi connectivity index (χ1n) is 8.44. The van der Waals surface area contributed by atoms with Gasteiger partial charge >= 0.3 is 0 Å². The summed E-state index contributed by atoms with van der Waals surface area (Å²) in [7, 11) is 1.59. The summed E-state index contributed by atoms with van der Waals surface area (Å²) in [5.74, 6) is 0.699. The molecule has 0 N–H and O–H groups in total. The van der Waals surface area contributed by atoms with Gasteiger partial charge in [0, 0.05) is 23.8 Å². The van der Waals surface area contributed by atoms with Crippen LogP contribution in [0.1, 0.15) is 10.4 Å². The average Bonchev–Trinajstić information content (AvgIpc) is 2.71. The van der Waals surface area contributed by atoms with Gasteiger partial charge in [0.25, 0.3) is 0 Å². The van der Waals surface area contributed by atoms with Crippen LogP contribution >= 0.6 is 0 Å². The molecule has 0 aromatic heterocycles. The summed E-state index contributed by atoms with van der Waals surface area (Å²) in [4.78, 5) is 11.8. The highest BCUT2D eigenvalue weighted by Crippen LogP contribution is 2.42. The number of carbonyl (C=O) groups is 1. The highest BCUT2D eigenvalue weighted by Gasteiger charge is 2.17. The maximum atomic E-state index is 11.8. The van der Waals surface area contributed by atoms with E-state index in [1.807, 2.05) is 60.7 Å². The Morgan fingerprint density at radius 2 is 1.38 bits per heavy atom. The number of hydrogen-bond donors (Lipinski definition) is 0. The number of fused-ring (bicyclic) bond motifs is 2.